The number of benzene rings is 2. The number of hydrogen-bond donors (Lipinski definition) is 0. The SMILES string of the molecule is COc1ccc2cncc(-n3c(=O)c4oc(-c5ccccc5Cl)cc4n(CC#N)c3=O)c2c1. The number of hydrogen-bond acceptors (Lipinski definition) is 6. The molecule has 8 nitrogen and oxygen atoms in total. The fraction of sp³-hybridized carbons (Fsp3) is 0.0833. The van der Waals surface area contributed by atoms with Gasteiger partial charge in [-0.15, -0.1) is 0 Å². The molecule has 0 saturated carbocycles. The maximum atomic E-state index is 13.5. The molecule has 9 heteroatoms. The van der Waals surface area contributed by atoms with Gasteiger partial charge in [0.25, 0.3) is 0 Å². The number of rotatable bonds is 4. The molecule has 0 aliphatic rings. The predicted molar refractivity (Wildman–Crippen MR) is 124 cm³/mol. The first-order valence-electron chi connectivity index (χ1n) is 9.87. The summed E-state index contributed by atoms with van der Waals surface area (Å²) in [7, 11) is 1.53. The molecule has 0 atom stereocenters. The molecule has 0 saturated heterocycles. The molecule has 0 aliphatic heterocycles. The van der Waals surface area contributed by atoms with Crippen molar-refractivity contribution in [1.29, 1.82) is 5.26 Å². The zero-order valence-corrected chi connectivity index (χ0v) is 18.0. The smallest absolute Gasteiger partial charge is 0.337 e. The third-order valence-corrected chi connectivity index (χ3v) is 5.71. The van der Waals surface area contributed by atoms with E-state index in [1.165, 1.54) is 17.9 Å². The first-order chi connectivity index (χ1) is 16.0. The number of furan rings is 1. The normalized spacial score (nSPS) is 11.1. The predicted octanol–water partition coefficient (Wildman–Crippen LogP) is 4.15. The fourth-order valence-corrected chi connectivity index (χ4v) is 4.04. The summed E-state index contributed by atoms with van der Waals surface area (Å²) in [6.07, 6.45) is 3.04. The van der Waals surface area contributed by atoms with Gasteiger partial charge in [-0.2, -0.15) is 5.26 Å². The Morgan fingerprint density at radius 2 is 1.97 bits per heavy atom. The van der Waals surface area contributed by atoms with E-state index in [1.54, 1.807) is 54.7 Å². The lowest BCUT2D eigenvalue weighted by molar-refractivity contribution is 0.415. The van der Waals surface area contributed by atoms with E-state index in [1.807, 2.05) is 6.07 Å². The van der Waals surface area contributed by atoms with Crippen LogP contribution in [0.1, 0.15) is 0 Å². The molecule has 33 heavy (non-hydrogen) atoms. The number of halogens is 1. The minimum atomic E-state index is -0.683. The molecule has 0 radical (unpaired) electrons. The second-order valence-corrected chi connectivity index (χ2v) is 7.63. The van der Waals surface area contributed by atoms with E-state index < -0.39 is 11.2 Å². The molecule has 0 aliphatic carbocycles. The average molecular weight is 459 g/mol. The summed E-state index contributed by atoms with van der Waals surface area (Å²) in [4.78, 5) is 31.2. The van der Waals surface area contributed by atoms with Crippen LogP contribution in [0.5, 0.6) is 5.75 Å². The van der Waals surface area contributed by atoms with Crippen molar-refractivity contribution in [3.05, 3.63) is 86.8 Å². The zero-order chi connectivity index (χ0) is 23.1. The maximum Gasteiger partial charge on any atom is 0.337 e. The van der Waals surface area contributed by atoms with Crippen molar-refractivity contribution >= 4 is 33.5 Å². The van der Waals surface area contributed by atoms with Crippen LogP contribution in [0.2, 0.25) is 5.02 Å². The Balaban J connectivity index is 1.88. The van der Waals surface area contributed by atoms with Crippen LogP contribution in [0, 0.1) is 11.3 Å². The first kappa shape index (κ1) is 20.5. The largest absolute Gasteiger partial charge is 0.497 e. The van der Waals surface area contributed by atoms with E-state index >= 15 is 0 Å². The Morgan fingerprint density at radius 1 is 1.15 bits per heavy atom. The van der Waals surface area contributed by atoms with Crippen LogP contribution < -0.4 is 16.0 Å². The van der Waals surface area contributed by atoms with E-state index in [2.05, 4.69) is 4.98 Å². The monoisotopic (exact) mass is 458 g/mol. The van der Waals surface area contributed by atoms with Gasteiger partial charge in [0.1, 0.15) is 18.1 Å². The van der Waals surface area contributed by atoms with E-state index in [-0.39, 0.29) is 23.3 Å². The number of methoxy groups -OCH3 is 1. The standard InChI is InChI=1S/C24H15ClN4O4/c1-32-15-7-6-14-12-27-13-20(17(14)10-15)29-23(30)22-19(28(9-8-26)24(29)31)11-21(33-22)16-4-2-3-5-18(16)25/h2-7,10-13H,9H2,1H3. The van der Waals surface area contributed by atoms with Gasteiger partial charge in [-0.25, -0.2) is 9.36 Å². The summed E-state index contributed by atoms with van der Waals surface area (Å²) in [6.45, 7) is -0.279. The van der Waals surface area contributed by atoms with Gasteiger partial charge in [0.15, 0.2) is 0 Å². The van der Waals surface area contributed by atoms with Gasteiger partial charge in [0, 0.05) is 28.6 Å². The van der Waals surface area contributed by atoms with Gasteiger partial charge < -0.3 is 9.15 Å². The van der Waals surface area contributed by atoms with Crippen LogP contribution in [-0.4, -0.2) is 21.2 Å². The molecule has 0 bridgehead atoms. The van der Waals surface area contributed by atoms with Crippen LogP contribution in [0.3, 0.4) is 0 Å². The summed E-state index contributed by atoms with van der Waals surface area (Å²) in [5.74, 6) is 0.870. The molecule has 0 N–H and O–H groups in total. The topological polar surface area (TPSA) is 103 Å². The van der Waals surface area contributed by atoms with Crippen molar-refractivity contribution < 1.29 is 9.15 Å². The molecular weight excluding hydrogens is 444 g/mol. The van der Waals surface area contributed by atoms with E-state index in [0.29, 0.717) is 32.9 Å². The Bertz CT molecular complexity index is 1710. The van der Waals surface area contributed by atoms with E-state index in [9.17, 15) is 14.9 Å². The number of aromatic nitrogens is 3. The Hall–Kier alpha value is -4.35. The molecule has 3 aromatic heterocycles. The van der Waals surface area contributed by atoms with Crippen molar-refractivity contribution in [2.24, 2.45) is 0 Å². The molecule has 0 spiro atoms. The molecule has 5 aromatic rings. The summed E-state index contributed by atoms with van der Waals surface area (Å²) >= 11 is 6.30. The van der Waals surface area contributed by atoms with Crippen LogP contribution in [-0.2, 0) is 6.54 Å². The number of nitrogens with zero attached hydrogens (tertiary/aromatic N) is 4. The molecule has 2 aromatic carbocycles. The molecule has 0 unspecified atom stereocenters. The lowest BCUT2D eigenvalue weighted by Crippen LogP contribution is -2.38. The van der Waals surface area contributed by atoms with Crippen molar-refractivity contribution in [3.8, 4) is 28.8 Å². The molecule has 0 fully saturated rings. The Kier molecular flexibility index (Phi) is 4.96. The van der Waals surface area contributed by atoms with Gasteiger partial charge >= 0.3 is 11.2 Å². The van der Waals surface area contributed by atoms with E-state index in [4.69, 9.17) is 20.8 Å². The maximum absolute atomic E-state index is 13.5. The highest BCUT2D eigenvalue weighted by Gasteiger charge is 2.21. The van der Waals surface area contributed by atoms with Gasteiger partial charge in [-0.3, -0.25) is 14.3 Å². The van der Waals surface area contributed by atoms with Crippen LogP contribution in [0.4, 0.5) is 0 Å². The zero-order valence-electron chi connectivity index (χ0n) is 17.3. The fourth-order valence-electron chi connectivity index (χ4n) is 3.81. The Labute approximate surface area is 191 Å². The van der Waals surface area contributed by atoms with Gasteiger partial charge in [-0.1, -0.05) is 23.7 Å². The number of fused-ring (bicyclic) bond motifs is 2. The van der Waals surface area contributed by atoms with Crippen LogP contribution in [0.15, 0.2) is 74.9 Å². The van der Waals surface area contributed by atoms with E-state index in [0.717, 1.165) is 4.57 Å². The highest BCUT2D eigenvalue weighted by atomic mass is 35.5. The number of pyridine rings is 1. The highest BCUT2D eigenvalue weighted by molar-refractivity contribution is 6.33. The second-order valence-electron chi connectivity index (χ2n) is 7.22. The molecule has 0 amide bonds. The number of nitriles is 1. The molecule has 162 valence electrons. The Morgan fingerprint density at radius 3 is 2.73 bits per heavy atom. The van der Waals surface area contributed by atoms with Crippen molar-refractivity contribution in [3.63, 3.8) is 0 Å². The molecule has 3 heterocycles. The third kappa shape index (κ3) is 3.26. The van der Waals surface area contributed by atoms with Gasteiger partial charge in [0.2, 0.25) is 5.58 Å². The first-order valence-corrected chi connectivity index (χ1v) is 10.2. The summed E-state index contributed by atoms with van der Waals surface area (Å²) in [5, 5.41) is 11.1. The summed E-state index contributed by atoms with van der Waals surface area (Å²) in [6, 6.07) is 15.8. The van der Waals surface area contributed by atoms with Crippen LogP contribution in [0.25, 0.3) is 38.9 Å². The molecule has 5 rings (SSSR count). The van der Waals surface area contributed by atoms with Crippen molar-refractivity contribution in [2.75, 3.05) is 7.11 Å². The minimum absolute atomic E-state index is 0.0698. The van der Waals surface area contributed by atoms with Gasteiger partial charge in [0.05, 0.1) is 35.6 Å². The highest BCUT2D eigenvalue weighted by Crippen LogP contribution is 2.31. The van der Waals surface area contributed by atoms with Crippen molar-refractivity contribution in [1.82, 2.24) is 14.1 Å². The van der Waals surface area contributed by atoms with Crippen molar-refractivity contribution in [2.45, 2.75) is 6.54 Å². The third-order valence-electron chi connectivity index (χ3n) is 5.38. The lowest BCUT2D eigenvalue weighted by Gasteiger charge is -2.11. The quantitative estimate of drug-likeness (QED) is 0.401. The average Bonchev–Trinajstić information content (AvgIpc) is 3.27. The number of ether oxygens (including phenoxy) is 1. The van der Waals surface area contributed by atoms with Crippen LogP contribution >= 0.6 is 11.6 Å². The molecular formula is C24H15ClN4O4. The second kappa shape index (κ2) is 7.97. The minimum Gasteiger partial charge on any atom is -0.497 e. The van der Waals surface area contributed by atoms with Gasteiger partial charge in [-0.05, 0) is 30.3 Å². The summed E-state index contributed by atoms with van der Waals surface area (Å²) in [5.41, 5.74) is -0.389. The summed E-state index contributed by atoms with van der Waals surface area (Å²) < 4.78 is 13.4. The lowest BCUT2D eigenvalue weighted by atomic mass is 10.1.